The van der Waals surface area contributed by atoms with Gasteiger partial charge in [-0.1, -0.05) is 23.7 Å². The first-order chi connectivity index (χ1) is 9.97. The van der Waals surface area contributed by atoms with Crippen LogP contribution in [-0.2, 0) is 6.54 Å². The van der Waals surface area contributed by atoms with Gasteiger partial charge < -0.3 is 11.1 Å². The zero-order valence-corrected chi connectivity index (χ0v) is 11.7. The van der Waals surface area contributed by atoms with E-state index < -0.39 is 11.8 Å². The minimum atomic E-state index is -0.709. The van der Waals surface area contributed by atoms with Gasteiger partial charge in [-0.15, -0.1) is 0 Å². The third-order valence-electron chi connectivity index (χ3n) is 2.84. The molecular weight excluding hydrogens is 295 g/mol. The van der Waals surface area contributed by atoms with Crippen molar-refractivity contribution in [3.8, 4) is 0 Å². The Balaban J connectivity index is 2.10. The van der Waals surface area contributed by atoms with Crippen molar-refractivity contribution in [3.05, 3.63) is 70.0 Å². The molecule has 0 radical (unpaired) electrons. The van der Waals surface area contributed by atoms with Crippen molar-refractivity contribution in [1.82, 2.24) is 5.32 Å². The first-order valence-corrected chi connectivity index (χ1v) is 6.47. The number of carbonyl (C=O) groups excluding carboxylic acids is 2. The molecule has 0 spiro atoms. The summed E-state index contributed by atoms with van der Waals surface area (Å²) >= 11 is 5.81. The molecule has 108 valence electrons. The molecule has 0 saturated carbocycles. The second kappa shape index (κ2) is 6.37. The molecule has 6 heteroatoms. The third kappa shape index (κ3) is 3.79. The molecule has 0 fully saturated rings. The van der Waals surface area contributed by atoms with Crippen LogP contribution in [0, 0.1) is 5.82 Å². The molecule has 2 amide bonds. The van der Waals surface area contributed by atoms with Crippen LogP contribution in [0.25, 0.3) is 0 Å². The van der Waals surface area contributed by atoms with Crippen LogP contribution in [0.15, 0.2) is 42.5 Å². The molecular formula is C15H12ClFN2O2. The maximum absolute atomic E-state index is 13.0. The van der Waals surface area contributed by atoms with Crippen molar-refractivity contribution < 1.29 is 14.0 Å². The Bertz CT molecular complexity index is 704. The van der Waals surface area contributed by atoms with Gasteiger partial charge in [0.25, 0.3) is 5.91 Å². The van der Waals surface area contributed by atoms with Crippen LogP contribution in [0.2, 0.25) is 5.02 Å². The van der Waals surface area contributed by atoms with E-state index in [0.29, 0.717) is 5.56 Å². The zero-order valence-electron chi connectivity index (χ0n) is 10.9. The Morgan fingerprint density at radius 3 is 2.62 bits per heavy atom. The molecule has 2 aromatic rings. The number of primary amides is 1. The Hall–Kier alpha value is -2.40. The molecule has 0 bridgehead atoms. The van der Waals surface area contributed by atoms with Gasteiger partial charge in [-0.05, 0) is 35.9 Å². The van der Waals surface area contributed by atoms with Crippen LogP contribution in [0.4, 0.5) is 4.39 Å². The Kier molecular flexibility index (Phi) is 4.55. The van der Waals surface area contributed by atoms with E-state index in [-0.39, 0.29) is 28.5 Å². The van der Waals surface area contributed by atoms with Crippen molar-refractivity contribution in [1.29, 1.82) is 0 Å². The third-order valence-corrected chi connectivity index (χ3v) is 3.17. The van der Waals surface area contributed by atoms with E-state index in [9.17, 15) is 14.0 Å². The fraction of sp³-hybridized carbons (Fsp3) is 0.0667. The summed E-state index contributed by atoms with van der Waals surface area (Å²) in [6.45, 7) is 0.172. The molecule has 0 saturated heterocycles. The van der Waals surface area contributed by atoms with E-state index in [2.05, 4.69) is 5.32 Å². The Morgan fingerprint density at radius 1 is 1.19 bits per heavy atom. The summed E-state index contributed by atoms with van der Waals surface area (Å²) in [4.78, 5) is 23.2. The van der Waals surface area contributed by atoms with Crippen molar-refractivity contribution in [2.24, 2.45) is 5.73 Å². The number of halogens is 2. The predicted octanol–water partition coefficient (Wildman–Crippen LogP) is 2.51. The van der Waals surface area contributed by atoms with Gasteiger partial charge in [0.2, 0.25) is 5.91 Å². The normalized spacial score (nSPS) is 10.2. The van der Waals surface area contributed by atoms with E-state index in [0.717, 1.165) is 0 Å². The summed E-state index contributed by atoms with van der Waals surface area (Å²) in [5, 5.41) is 2.81. The number of nitrogens with one attached hydrogen (secondary N) is 1. The van der Waals surface area contributed by atoms with E-state index in [4.69, 9.17) is 17.3 Å². The second-order valence-corrected chi connectivity index (χ2v) is 4.78. The second-order valence-electron chi connectivity index (χ2n) is 4.37. The maximum atomic E-state index is 13.0. The van der Waals surface area contributed by atoms with Crippen LogP contribution < -0.4 is 11.1 Å². The summed E-state index contributed by atoms with van der Waals surface area (Å²) in [6, 6.07) is 10.1. The van der Waals surface area contributed by atoms with Crippen molar-refractivity contribution in [3.63, 3.8) is 0 Å². The van der Waals surface area contributed by atoms with Gasteiger partial charge in [0.05, 0.1) is 10.6 Å². The summed E-state index contributed by atoms with van der Waals surface area (Å²) in [5.41, 5.74) is 6.13. The SMILES string of the molecule is NC(=O)c1cc(C(=O)NCc2cccc(F)c2)ccc1Cl. The molecule has 3 N–H and O–H groups in total. The monoisotopic (exact) mass is 306 g/mol. The number of hydrogen-bond donors (Lipinski definition) is 2. The minimum Gasteiger partial charge on any atom is -0.366 e. The highest BCUT2D eigenvalue weighted by Crippen LogP contribution is 2.17. The first kappa shape index (κ1) is 15.0. The standard InChI is InChI=1S/C15H12ClFN2O2/c16-13-5-4-10(7-12(13)14(18)20)15(21)19-8-9-2-1-3-11(17)6-9/h1-7H,8H2,(H2,18,20)(H,19,21). The van der Waals surface area contributed by atoms with Crippen molar-refractivity contribution in [2.75, 3.05) is 0 Å². The highest BCUT2D eigenvalue weighted by Gasteiger charge is 2.12. The molecule has 0 unspecified atom stereocenters. The van der Waals surface area contributed by atoms with Crippen molar-refractivity contribution in [2.45, 2.75) is 6.54 Å². The van der Waals surface area contributed by atoms with Gasteiger partial charge in [0.15, 0.2) is 0 Å². The molecule has 21 heavy (non-hydrogen) atoms. The van der Waals surface area contributed by atoms with Crippen molar-refractivity contribution >= 4 is 23.4 Å². The lowest BCUT2D eigenvalue weighted by Gasteiger charge is -2.07. The predicted molar refractivity (Wildman–Crippen MR) is 77.5 cm³/mol. The molecule has 0 aliphatic carbocycles. The molecule has 0 aliphatic heterocycles. The summed E-state index contributed by atoms with van der Waals surface area (Å²) in [6.07, 6.45) is 0. The minimum absolute atomic E-state index is 0.0788. The van der Waals surface area contributed by atoms with Crippen LogP contribution in [0.1, 0.15) is 26.3 Å². The number of hydrogen-bond acceptors (Lipinski definition) is 2. The molecule has 2 rings (SSSR count). The van der Waals surface area contributed by atoms with Crippen LogP contribution in [-0.4, -0.2) is 11.8 Å². The average molecular weight is 307 g/mol. The quantitative estimate of drug-likeness (QED) is 0.911. The number of benzene rings is 2. The van der Waals surface area contributed by atoms with E-state index in [1.165, 1.54) is 30.3 Å². The van der Waals surface area contributed by atoms with Gasteiger partial charge in [0.1, 0.15) is 5.82 Å². The Morgan fingerprint density at radius 2 is 1.95 bits per heavy atom. The molecule has 4 nitrogen and oxygen atoms in total. The molecule has 0 atom stereocenters. The first-order valence-electron chi connectivity index (χ1n) is 6.09. The summed E-state index contributed by atoms with van der Waals surface area (Å²) in [5.74, 6) is -1.48. The van der Waals surface area contributed by atoms with Crippen LogP contribution >= 0.6 is 11.6 Å². The molecule has 0 heterocycles. The van der Waals surface area contributed by atoms with Gasteiger partial charge in [-0.25, -0.2) is 4.39 Å². The zero-order chi connectivity index (χ0) is 15.4. The fourth-order valence-electron chi connectivity index (χ4n) is 1.79. The van der Waals surface area contributed by atoms with Gasteiger partial charge in [-0.2, -0.15) is 0 Å². The summed E-state index contributed by atoms with van der Waals surface area (Å²) < 4.78 is 13.0. The lowest BCUT2D eigenvalue weighted by Crippen LogP contribution is -2.23. The number of nitrogens with two attached hydrogens (primary N) is 1. The number of rotatable bonds is 4. The summed E-state index contributed by atoms with van der Waals surface area (Å²) in [7, 11) is 0. The van der Waals surface area contributed by atoms with E-state index in [1.807, 2.05) is 0 Å². The van der Waals surface area contributed by atoms with E-state index >= 15 is 0 Å². The van der Waals surface area contributed by atoms with Gasteiger partial charge >= 0.3 is 0 Å². The lowest BCUT2D eigenvalue weighted by atomic mass is 10.1. The van der Waals surface area contributed by atoms with E-state index in [1.54, 1.807) is 12.1 Å². The van der Waals surface area contributed by atoms with Crippen LogP contribution in [0.5, 0.6) is 0 Å². The highest BCUT2D eigenvalue weighted by molar-refractivity contribution is 6.34. The van der Waals surface area contributed by atoms with Gasteiger partial charge in [0, 0.05) is 12.1 Å². The fourth-order valence-corrected chi connectivity index (χ4v) is 2.00. The highest BCUT2D eigenvalue weighted by atomic mass is 35.5. The Labute approximate surface area is 125 Å². The number of carbonyl (C=O) groups is 2. The molecule has 2 aromatic carbocycles. The van der Waals surface area contributed by atoms with Crippen LogP contribution in [0.3, 0.4) is 0 Å². The average Bonchev–Trinajstić information content (AvgIpc) is 2.45. The maximum Gasteiger partial charge on any atom is 0.251 e. The largest absolute Gasteiger partial charge is 0.366 e. The molecule has 0 aliphatic rings. The smallest absolute Gasteiger partial charge is 0.251 e. The lowest BCUT2D eigenvalue weighted by molar-refractivity contribution is 0.0951. The number of amides is 2. The topological polar surface area (TPSA) is 72.2 Å². The van der Waals surface area contributed by atoms with Gasteiger partial charge in [-0.3, -0.25) is 9.59 Å². The molecule has 0 aromatic heterocycles.